The molecule has 4 nitrogen and oxygen atoms in total. The zero-order chi connectivity index (χ0) is 13.7. The van der Waals surface area contributed by atoms with Gasteiger partial charge in [-0.1, -0.05) is 29.8 Å². The van der Waals surface area contributed by atoms with Crippen molar-refractivity contribution in [2.24, 2.45) is 0 Å². The number of nitrogens with one attached hydrogen (secondary N) is 1. The Hall–Kier alpha value is -2.10. The fourth-order valence-corrected chi connectivity index (χ4v) is 1.85. The van der Waals surface area contributed by atoms with Gasteiger partial charge in [0.2, 0.25) is 5.95 Å². The average Bonchev–Trinajstić information content (AvgIpc) is 2.42. The Morgan fingerprint density at radius 1 is 1.16 bits per heavy atom. The Morgan fingerprint density at radius 2 is 1.89 bits per heavy atom. The maximum absolute atomic E-state index is 4.48. The Morgan fingerprint density at radius 3 is 2.58 bits per heavy atom. The molecule has 0 aliphatic carbocycles. The predicted molar refractivity (Wildman–Crippen MR) is 79.5 cm³/mol. The fourth-order valence-electron chi connectivity index (χ4n) is 1.85. The molecule has 0 aliphatic heterocycles. The molecular weight excluding hydrogens is 236 g/mol. The molecule has 0 radical (unpaired) electrons. The van der Waals surface area contributed by atoms with E-state index in [1.54, 1.807) is 6.20 Å². The lowest BCUT2D eigenvalue weighted by Crippen LogP contribution is -2.18. The van der Waals surface area contributed by atoms with Crippen LogP contribution in [0.3, 0.4) is 0 Å². The van der Waals surface area contributed by atoms with Gasteiger partial charge in [0.15, 0.2) is 0 Å². The summed E-state index contributed by atoms with van der Waals surface area (Å²) in [7, 11) is 2.04. The van der Waals surface area contributed by atoms with Crippen LogP contribution in [0.15, 0.2) is 36.5 Å². The second-order valence-corrected chi connectivity index (χ2v) is 4.61. The van der Waals surface area contributed by atoms with Crippen LogP contribution < -0.4 is 10.2 Å². The van der Waals surface area contributed by atoms with Crippen LogP contribution in [0.4, 0.5) is 11.8 Å². The number of hydrogen-bond acceptors (Lipinski definition) is 4. The maximum Gasteiger partial charge on any atom is 0.224 e. The second kappa shape index (κ2) is 6.18. The van der Waals surface area contributed by atoms with Crippen molar-refractivity contribution in [1.82, 2.24) is 9.97 Å². The smallest absolute Gasteiger partial charge is 0.224 e. The van der Waals surface area contributed by atoms with E-state index in [0.717, 1.165) is 18.9 Å². The molecule has 0 amide bonds. The van der Waals surface area contributed by atoms with Crippen LogP contribution in [-0.2, 0) is 6.54 Å². The molecule has 2 aromatic rings. The van der Waals surface area contributed by atoms with Gasteiger partial charge in [-0.3, -0.25) is 0 Å². The molecule has 0 saturated heterocycles. The standard InChI is InChI=1S/C15H20N4/c1-4-16-15-17-10-9-14(18-15)19(3)11-13-7-5-12(2)6-8-13/h5-10H,4,11H2,1-3H3,(H,16,17,18). The highest BCUT2D eigenvalue weighted by molar-refractivity contribution is 5.42. The third-order valence-corrected chi connectivity index (χ3v) is 2.91. The largest absolute Gasteiger partial charge is 0.355 e. The molecule has 1 aromatic carbocycles. The molecule has 19 heavy (non-hydrogen) atoms. The van der Waals surface area contributed by atoms with Gasteiger partial charge in [0, 0.05) is 26.3 Å². The number of nitrogens with zero attached hydrogens (tertiary/aromatic N) is 3. The zero-order valence-corrected chi connectivity index (χ0v) is 11.7. The first kappa shape index (κ1) is 13.3. The van der Waals surface area contributed by atoms with Gasteiger partial charge in [-0.25, -0.2) is 4.98 Å². The molecule has 1 aromatic heterocycles. The molecule has 100 valence electrons. The SMILES string of the molecule is CCNc1nccc(N(C)Cc2ccc(C)cc2)n1. The molecular formula is C15H20N4. The molecule has 0 fully saturated rings. The van der Waals surface area contributed by atoms with Crippen LogP contribution in [-0.4, -0.2) is 23.6 Å². The molecule has 1 N–H and O–H groups in total. The van der Waals surface area contributed by atoms with E-state index in [0.29, 0.717) is 5.95 Å². The first-order chi connectivity index (χ1) is 9.19. The summed E-state index contributed by atoms with van der Waals surface area (Å²) in [6.07, 6.45) is 1.78. The van der Waals surface area contributed by atoms with Crippen molar-refractivity contribution < 1.29 is 0 Å². The molecule has 1 heterocycles. The molecule has 0 atom stereocenters. The van der Waals surface area contributed by atoms with Crippen molar-refractivity contribution in [2.45, 2.75) is 20.4 Å². The molecule has 0 saturated carbocycles. The quantitative estimate of drug-likeness (QED) is 0.893. The number of aromatic nitrogens is 2. The highest BCUT2D eigenvalue weighted by Gasteiger charge is 2.05. The van der Waals surface area contributed by atoms with Gasteiger partial charge in [-0.15, -0.1) is 0 Å². The van der Waals surface area contributed by atoms with E-state index < -0.39 is 0 Å². The summed E-state index contributed by atoms with van der Waals surface area (Å²) in [5, 5.41) is 3.13. The summed E-state index contributed by atoms with van der Waals surface area (Å²) in [6.45, 7) is 5.79. The van der Waals surface area contributed by atoms with Crippen LogP contribution in [0.25, 0.3) is 0 Å². The van der Waals surface area contributed by atoms with Crippen LogP contribution in [0.2, 0.25) is 0 Å². The van der Waals surface area contributed by atoms with Crippen molar-refractivity contribution in [1.29, 1.82) is 0 Å². The topological polar surface area (TPSA) is 41.1 Å². The van der Waals surface area contributed by atoms with Crippen molar-refractivity contribution in [3.63, 3.8) is 0 Å². The van der Waals surface area contributed by atoms with Crippen LogP contribution in [0.5, 0.6) is 0 Å². The lowest BCUT2D eigenvalue weighted by atomic mass is 10.1. The Kier molecular flexibility index (Phi) is 4.34. The lowest BCUT2D eigenvalue weighted by molar-refractivity contribution is 0.889. The molecule has 0 aliphatic rings. The van der Waals surface area contributed by atoms with E-state index in [1.807, 2.05) is 20.0 Å². The van der Waals surface area contributed by atoms with E-state index in [4.69, 9.17) is 0 Å². The third kappa shape index (κ3) is 3.68. The monoisotopic (exact) mass is 256 g/mol. The number of aryl methyl sites for hydroxylation is 1. The summed E-state index contributed by atoms with van der Waals surface area (Å²) in [5.74, 6) is 1.60. The number of hydrogen-bond donors (Lipinski definition) is 1. The first-order valence-electron chi connectivity index (χ1n) is 6.52. The highest BCUT2D eigenvalue weighted by Crippen LogP contribution is 2.14. The van der Waals surface area contributed by atoms with E-state index in [-0.39, 0.29) is 0 Å². The summed E-state index contributed by atoms with van der Waals surface area (Å²) >= 11 is 0. The number of anilines is 2. The van der Waals surface area contributed by atoms with Crippen LogP contribution in [0, 0.1) is 6.92 Å². The predicted octanol–water partition coefficient (Wildman–Crippen LogP) is 2.85. The minimum absolute atomic E-state index is 0.677. The summed E-state index contributed by atoms with van der Waals surface area (Å²) in [6, 6.07) is 10.5. The molecule has 0 unspecified atom stereocenters. The summed E-state index contributed by atoms with van der Waals surface area (Å²) < 4.78 is 0. The zero-order valence-electron chi connectivity index (χ0n) is 11.7. The van der Waals surface area contributed by atoms with E-state index in [2.05, 4.69) is 51.4 Å². The van der Waals surface area contributed by atoms with Crippen molar-refractivity contribution in [3.05, 3.63) is 47.7 Å². The molecule has 2 rings (SSSR count). The van der Waals surface area contributed by atoms with Gasteiger partial charge in [0.25, 0.3) is 0 Å². The van der Waals surface area contributed by atoms with Crippen molar-refractivity contribution >= 4 is 11.8 Å². The Bertz CT molecular complexity index is 522. The number of rotatable bonds is 5. The van der Waals surface area contributed by atoms with Gasteiger partial charge < -0.3 is 10.2 Å². The minimum Gasteiger partial charge on any atom is -0.355 e. The van der Waals surface area contributed by atoms with Crippen LogP contribution >= 0.6 is 0 Å². The molecule has 0 spiro atoms. The molecule has 0 bridgehead atoms. The van der Waals surface area contributed by atoms with E-state index >= 15 is 0 Å². The Labute approximate surface area is 114 Å². The second-order valence-electron chi connectivity index (χ2n) is 4.61. The highest BCUT2D eigenvalue weighted by atomic mass is 15.2. The summed E-state index contributed by atoms with van der Waals surface area (Å²) in [4.78, 5) is 10.8. The average molecular weight is 256 g/mol. The van der Waals surface area contributed by atoms with Crippen LogP contribution in [0.1, 0.15) is 18.1 Å². The van der Waals surface area contributed by atoms with Gasteiger partial charge in [0.05, 0.1) is 0 Å². The maximum atomic E-state index is 4.48. The van der Waals surface area contributed by atoms with E-state index in [1.165, 1.54) is 11.1 Å². The molecule has 4 heteroatoms. The minimum atomic E-state index is 0.677. The van der Waals surface area contributed by atoms with E-state index in [9.17, 15) is 0 Å². The van der Waals surface area contributed by atoms with Crippen molar-refractivity contribution in [3.8, 4) is 0 Å². The van der Waals surface area contributed by atoms with Crippen molar-refractivity contribution in [2.75, 3.05) is 23.8 Å². The normalized spacial score (nSPS) is 10.3. The number of benzene rings is 1. The van der Waals surface area contributed by atoms with Gasteiger partial charge in [-0.2, -0.15) is 4.98 Å². The van der Waals surface area contributed by atoms with Gasteiger partial charge in [-0.05, 0) is 25.5 Å². The lowest BCUT2D eigenvalue weighted by Gasteiger charge is -2.18. The van der Waals surface area contributed by atoms with Gasteiger partial charge in [0.1, 0.15) is 5.82 Å². The fraction of sp³-hybridized carbons (Fsp3) is 0.333. The third-order valence-electron chi connectivity index (χ3n) is 2.91. The first-order valence-corrected chi connectivity index (χ1v) is 6.52. The van der Waals surface area contributed by atoms with Gasteiger partial charge >= 0.3 is 0 Å². The summed E-state index contributed by atoms with van der Waals surface area (Å²) in [5.41, 5.74) is 2.56. The Balaban J connectivity index is 2.08.